The molecule has 1 aliphatic rings. The first-order chi connectivity index (χ1) is 17.8. The van der Waals surface area contributed by atoms with Crippen molar-refractivity contribution in [3.63, 3.8) is 0 Å². The number of aromatic nitrogens is 4. The van der Waals surface area contributed by atoms with Gasteiger partial charge in [-0.05, 0) is 44.2 Å². The predicted molar refractivity (Wildman–Crippen MR) is 144 cm³/mol. The van der Waals surface area contributed by atoms with E-state index in [1.165, 1.54) is 9.25 Å². The van der Waals surface area contributed by atoms with Crippen LogP contribution in [0.1, 0.15) is 41.6 Å². The Labute approximate surface area is 213 Å². The average molecular weight is 495 g/mol. The van der Waals surface area contributed by atoms with Crippen LogP contribution in [0.15, 0.2) is 59.4 Å². The van der Waals surface area contributed by atoms with Gasteiger partial charge in [-0.15, -0.1) is 5.10 Å². The van der Waals surface area contributed by atoms with Gasteiger partial charge in [0.25, 0.3) is 11.5 Å². The smallest absolute Gasteiger partial charge is 0.267 e. The van der Waals surface area contributed by atoms with Crippen LogP contribution in [0, 0.1) is 11.8 Å². The summed E-state index contributed by atoms with van der Waals surface area (Å²) < 4.78 is 3.03. The maximum absolute atomic E-state index is 13.9. The van der Waals surface area contributed by atoms with E-state index in [0.29, 0.717) is 40.3 Å². The number of fused-ring (bicyclic) bond motifs is 2. The minimum absolute atomic E-state index is 0.100. The van der Waals surface area contributed by atoms with Gasteiger partial charge in [0.2, 0.25) is 0 Å². The second kappa shape index (κ2) is 9.64. The molecule has 0 saturated carbocycles. The standard InChI is InChI=1S/C27H26N8O2/c1-16(28)12-13-18-8-6-11-20-21(18)27(37)35(19-9-4-3-5-10-19)24(32-20)17(2)31-26(36)22-23(29)33-34-15-7-14-30-25(22)34/h3-11,15-17,30H,14,28H2,1-2H3,(H2,29,33)(H,31,36). The van der Waals surface area contributed by atoms with Crippen molar-refractivity contribution >= 4 is 34.6 Å². The lowest BCUT2D eigenvalue weighted by atomic mass is 10.1. The number of para-hydroxylation sites is 1. The fourth-order valence-corrected chi connectivity index (χ4v) is 4.25. The van der Waals surface area contributed by atoms with Crippen molar-refractivity contribution < 1.29 is 4.79 Å². The van der Waals surface area contributed by atoms with Gasteiger partial charge in [-0.3, -0.25) is 14.2 Å². The highest BCUT2D eigenvalue weighted by molar-refractivity contribution is 6.04. The third-order valence-electron chi connectivity index (χ3n) is 5.91. The van der Waals surface area contributed by atoms with Gasteiger partial charge in [-0.1, -0.05) is 36.1 Å². The minimum Gasteiger partial charge on any atom is -0.381 e. The molecule has 2 unspecified atom stereocenters. The van der Waals surface area contributed by atoms with Crippen molar-refractivity contribution in [3.8, 4) is 17.5 Å². The van der Waals surface area contributed by atoms with Crippen LogP contribution < -0.4 is 27.7 Å². The summed E-state index contributed by atoms with van der Waals surface area (Å²) >= 11 is 0. The Morgan fingerprint density at radius 3 is 2.70 bits per heavy atom. The molecule has 3 heterocycles. The fraction of sp³-hybridized carbons (Fsp3) is 0.185. The normalized spacial score (nSPS) is 13.7. The van der Waals surface area contributed by atoms with E-state index in [9.17, 15) is 9.59 Å². The summed E-state index contributed by atoms with van der Waals surface area (Å²) in [5.74, 6) is 6.46. The molecular weight excluding hydrogens is 468 g/mol. The van der Waals surface area contributed by atoms with E-state index in [0.717, 1.165) is 0 Å². The summed E-state index contributed by atoms with van der Waals surface area (Å²) in [7, 11) is 0. The molecule has 0 radical (unpaired) electrons. The highest BCUT2D eigenvalue weighted by Gasteiger charge is 2.26. The molecule has 2 aromatic carbocycles. The van der Waals surface area contributed by atoms with Crippen LogP contribution in [0.3, 0.4) is 0 Å². The molecule has 0 bridgehead atoms. The largest absolute Gasteiger partial charge is 0.381 e. The first-order valence-electron chi connectivity index (χ1n) is 11.8. The summed E-state index contributed by atoms with van der Waals surface area (Å²) in [6.07, 6.45) is 3.61. The number of amides is 1. The van der Waals surface area contributed by atoms with Gasteiger partial charge >= 0.3 is 0 Å². The van der Waals surface area contributed by atoms with Crippen LogP contribution in [0.5, 0.6) is 0 Å². The molecule has 1 amide bonds. The number of carbonyl (C=O) groups excluding carboxylic acids is 1. The van der Waals surface area contributed by atoms with Crippen LogP contribution in [-0.2, 0) is 0 Å². The molecule has 0 aliphatic carbocycles. The number of nitrogen functional groups attached to an aromatic ring is 1. The molecule has 0 fully saturated rings. The second-order valence-electron chi connectivity index (χ2n) is 8.72. The Balaban J connectivity index is 1.63. The summed E-state index contributed by atoms with van der Waals surface area (Å²) in [5.41, 5.74) is 13.4. The van der Waals surface area contributed by atoms with Crippen LogP contribution >= 0.6 is 0 Å². The topological polar surface area (TPSA) is 146 Å². The van der Waals surface area contributed by atoms with Crippen molar-refractivity contribution in [3.05, 3.63) is 81.9 Å². The van der Waals surface area contributed by atoms with E-state index in [4.69, 9.17) is 16.5 Å². The number of nitrogens with two attached hydrogens (primary N) is 2. The fourth-order valence-electron chi connectivity index (χ4n) is 4.25. The SMILES string of the molecule is CC(N)C#Cc1cccc2nc(C(C)NC(=O)c3c(N)nn4c3NCC=C4)n(-c3ccccc3)c(=O)c12. The van der Waals surface area contributed by atoms with Crippen molar-refractivity contribution in [2.45, 2.75) is 25.9 Å². The van der Waals surface area contributed by atoms with Gasteiger partial charge in [-0.25, -0.2) is 9.67 Å². The minimum atomic E-state index is -0.655. The Morgan fingerprint density at radius 2 is 1.95 bits per heavy atom. The number of nitrogens with zero attached hydrogens (tertiary/aromatic N) is 4. The first-order valence-corrected chi connectivity index (χ1v) is 11.8. The van der Waals surface area contributed by atoms with Gasteiger partial charge in [0.05, 0.1) is 28.7 Å². The molecule has 0 saturated heterocycles. The first kappa shape index (κ1) is 23.8. The van der Waals surface area contributed by atoms with Crippen LogP contribution in [0.4, 0.5) is 11.6 Å². The quantitative estimate of drug-likeness (QED) is 0.318. The third kappa shape index (κ3) is 4.44. The zero-order valence-corrected chi connectivity index (χ0v) is 20.4. The van der Waals surface area contributed by atoms with Gasteiger partial charge in [0.15, 0.2) is 5.82 Å². The van der Waals surface area contributed by atoms with Crippen molar-refractivity contribution in [1.82, 2.24) is 24.6 Å². The Bertz CT molecular complexity index is 1660. The highest BCUT2D eigenvalue weighted by Crippen LogP contribution is 2.26. The molecule has 4 aromatic rings. The molecular formula is C27H26N8O2. The van der Waals surface area contributed by atoms with Crippen molar-refractivity contribution in [1.29, 1.82) is 0 Å². The lowest BCUT2D eigenvalue weighted by Crippen LogP contribution is -2.34. The molecule has 10 heteroatoms. The number of rotatable bonds is 4. The number of nitrogens with one attached hydrogen (secondary N) is 2. The molecule has 2 atom stereocenters. The molecule has 37 heavy (non-hydrogen) atoms. The summed E-state index contributed by atoms with van der Waals surface area (Å²) in [6.45, 7) is 4.09. The van der Waals surface area contributed by atoms with Crippen molar-refractivity contribution in [2.24, 2.45) is 5.73 Å². The van der Waals surface area contributed by atoms with Crippen LogP contribution in [0.2, 0.25) is 0 Å². The predicted octanol–water partition coefficient (Wildman–Crippen LogP) is 2.25. The van der Waals surface area contributed by atoms with Gasteiger partial charge in [-0.2, -0.15) is 0 Å². The zero-order chi connectivity index (χ0) is 26.1. The zero-order valence-electron chi connectivity index (χ0n) is 20.4. The Morgan fingerprint density at radius 1 is 1.16 bits per heavy atom. The highest BCUT2D eigenvalue weighted by atomic mass is 16.2. The van der Waals surface area contributed by atoms with E-state index in [-0.39, 0.29) is 23.0 Å². The summed E-state index contributed by atoms with van der Waals surface area (Å²) in [5, 5.41) is 10.7. The Kier molecular flexibility index (Phi) is 6.21. The lowest BCUT2D eigenvalue weighted by molar-refractivity contribution is 0.0939. The van der Waals surface area contributed by atoms with Crippen LogP contribution in [-0.4, -0.2) is 37.8 Å². The van der Waals surface area contributed by atoms with E-state index in [1.54, 1.807) is 38.2 Å². The molecule has 10 nitrogen and oxygen atoms in total. The second-order valence-corrected chi connectivity index (χ2v) is 8.72. The summed E-state index contributed by atoms with van der Waals surface area (Å²) in [6, 6.07) is 13.5. The lowest BCUT2D eigenvalue weighted by Gasteiger charge is -2.20. The number of hydrogen-bond donors (Lipinski definition) is 4. The third-order valence-corrected chi connectivity index (χ3v) is 5.91. The average Bonchev–Trinajstić information content (AvgIpc) is 3.23. The van der Waals surface area contributed by atoms with Gasteiger partial charge in [0, 0.05) is 18.3 Å². The number of anilines is 2. The number of benzene rings is 2. The van der Waals surface area contributed by atoms with E-state index < -0.39 is 11.9 Å². The summed E-state index contributed by atoms with van der Waals surface area (Å²) in [4.78, 5) is 32.1. The molecule has 5 rings (SSSR count). The molecule has 2 aromatic heterocycles. The maximum atomic E-state index is 13.9. The van der Waals surface area contributed by atoms with E-state index in [2.05, 4.69) is 27.6 Å². The van der Waals surface area contributed by atoms with Gasteiger partial charge in [0.1, 0.15) is 17.2 Å². The molecule has 1 aliphatic heterocycles. The van der Waals surface area contributed by atoms with Crippen LogP contribution in [0.25, 0.3) is 22.8 Å². The maximum Gasteiger partial charge on any atom is 0.267 e. The molecule has 186 valence electrons. The molecule has 6 N–H and O–H groups in total. The van der Waals surface area contributed by atoms with E-state index >= 15 is 0 Å². The van der Waals surface area contributed by atoms with Gasteiger partial charge < -0.3 is 22.1 Å². The van der Waals surface area contributed by atoms with E-state index in [1.807, 2.05) is 36.4 Å². The monoisotopic (exact) mass is 494 g/mol. The number of carbonyl (C=O) groups is 1. The number of hydrogen-bond acceptors (Lipinski definition) is 7. The van der Waals surface area contributed by atoms with Crippen molar-refractivity contribution in [2.75, 3.05) is 17.6 Å². The Hall–Kier alpha value is -4.88. The molecule has 0 spiro atoms.